The van der Waals surface area contributed by atoms with E-state index in [1.54, 1.807) is 17.0 Å². The lowest BCUT2D eigenvalue weighted by Crippen LogP contribution is -2.49. The molecule has 0 bridgehead atoms. The summed E-state index contributed by atoms with van der Waals surface area (Å²) in [6.45, 7) is 8.10. The van der Waals surface area contributed by atoms with Gasteiger partial charge >= 0.3 is 6.09 Å². The average Bonchev–Trinajstić information content (AvgIpc) is 2.58. The van der Waals surface area contributed by atoms with Gasteiger partial charge in [0.1, 0.15) is 17.5 Å². The molecule has 1 heterocycles. The minimum atomic E-state index is -1.10. The van der Waals surface area contributed by atoms with Gasteiger partial charge in [-0.2, -0.15) is 0 Å². The lowest BCUT2D eigenvalue weighted by molar-refractivity contribution is -0.128. The third kappa shape index (κ3) is 6.20. The van der Waals surface area contributed by atoms with Gasteiger partial charge in [0.2, 0.25) is 5.91 Å². The van der Waals surface area contributed by atoms with Crippen LogP contribution in [0.2, 0.25) is 0 Å². The van der Waals surface area contributed by atoms with Crippen molar-refractivity contribution < 1.29 is 23.8 Å². The quantitative estimate of drug-likeness (QED) is 0.842. The summed E-state index contributed by atoms with van der Waals surface area (Å²) in [4.78, 5) is 25.8. The molecule has 6 nitrogen and oxygen atoms in total. The van der Waals surface area contributed by atoms with Crippen LogP contribution in [0.4, 0.5) is 9.18 Å². The third-order valence-corrected chi connectivity index (χ3v) is 4.60. The van der Waals surface area contributed by atoms with Crippen LogP contribution in [0.5, 0.6) is 0 Å². The molecule has 1 aromatic carbocycles. The SMILES string of the molecule is CC(O)C(=O)NC[C@@H]1CN(C(=O)OC(C)(C)C)CC[C@@H]1c1ccc(F)cc1. The van der Waals surface area contributed by atoms with Crippen LogP contribution >= 0.6 is 0 Å². The van der Waals surface area contributed by atoms with Gasteiger partial charge in [-0.15, -0.1) is 0 Å². The molecule has 2 amide bonds. The average molecular weight is 380 g/mol. The van der Waals surface area contributed by atoms with Crippen molar-refractivity contribution in [2.45, 2.75) is 51.7 Å². The van der Waals surface area contributed by atoms with E-state index in [2.05, 4.69) is 5.32 Å². The second-order valence-electron chi connectivity index (χ2n) is 8.05. The minimum absolute atomic E-state index is 0.0681. The molecule has 27 heavy (non-hydrogen) atoms. The molecule has 1 aliphatic heterocycles. The topological polar surface area (TPSA) is 78.9 Å². The Morgan fingerprint density at radius 3 is 2.52 bits per heavy atom. The molecule has 2 N–H and O–H groups in total. The van der Waals surface area contributed by atoms with Crippen molar-refractivity contribution in [3.63, 3.8) is 0 Å². The van der Waals surface area contributed by atoms with E-state index >= 15 is 0 Å². The first-order valence-corrected chi connectivity index (χ1v) is 9.26. The molecule has 1 unspecified atom stereocenters. The van der Waals surface area contributed by atoms with Crippen molar-refractivity contribution in [3.8, 4) is 0 Å². The van der Waals surface area contributed by atoms with Crippen LogP contribution in [-0.2, 0) is 9.53 Å². The molecule has 1 aromatic rings. The summed E-state index contributed by atoms with van der Waals surface area (Å²) in [5, 5.41) is 12.1. The van der Waals surface area contributed by atoms with Crippen LogP contribution in [0.15, 0.2) is 24.3 Å². The number of halogens is 1. The summed E-state index contributed by atoms with van der Waals surface area (Å²) in [7, 11) is 0. The van der Waals surface area contributed by atoms with E-state index in [1.165, 1.54) is 19.1 Å². The molecule has 0 radical (unpaired) electrons. The highest BCUT2D eigenvalue weighted by Gasteiger charge is 2.34. The monoisotopic (exact) mass is 380 g/mol. The number of aliphatic hydroxyl groups is 1. The molecule has 7 heteroatoms. The Morgan fingerprint density at radius 1 is 1.33 bits per heavy atom. The first-order chi connectivity index (χ1) is 12.6. The number of likely N-dealkylation sites (tertiary alicyclic amines) is 1. The van der Waals surface area contributed by atoms with E-state index < -0.39 is 17.6 Å². The smallest absolute Gasteiger partial charge is 0.410 e. The Kier molecular flexibility index (Phi) is 6.81. The van der Waals surface area contributed by atoms with Crippen molar-refractivity contribution in [1.29, 1.82) is 0 Å². The highest BCUT2D eigenvalue weighted by molar-refractivity contribution is 5.80. The van der Waals surface area contributed by atoms with E-state index in [9.17, 15) is 19.1 Å². The van der Waals surface area contributed by atoms with Gasteiger partial charge in [0.25, 0.3) is 0 Å². The number of nitrogens with zero attached hydrogens (tertiary/aromatic N) is 1. The maximum atomic E-state index is 13.3. The van der Waals surface area contributed by atoms with Crippen LogP contribution in [0.1, 0.15) is 45.6 Å². The number of hydrogen-bond acceptors (Lipinski definition) is 4. The highest BCUT2D eigenvalue weighted by atomic mass is 19.1. The van der Waals surface area contributed by atoms with Crippen LogP contribution in [-0.4, -0.2) is 53.3 Å². The van der Waals surface area contributed by atoms with Crippen LogP contribution in [0, 0.1) is 11.7 Å². The van der Waals surface area contributed by atoms with E-state index in [4.69, 9.17) is 4.74 Å². The summed E-state index contributed by atoms with van der Waals surface area (Å²) >= 11 is 0. The van der Waals surface area contributed by atoms with E-state index in [0.29, 0.717) is 26.1 Å². The zero-order valence-corrected chi connectivity index (χ0v) is 16.4. The lowest BCUT2D eigenvalue weighted by atomic mass is 9.80. The van der Waals surface area contributed by atoms with Gasteiger partial charge in [0, 0.05) is 25.6 Å². The number of nitrogens with one attached hydrogen (secondary N) is 1. The van der Waals surface area contributed by atoms with E-state index in [0.717, 1.165) is 5.56 Å². The first-order valence-electron chi connectivity index (χ1n) is 9.26. The van der Waals surface area contributed by atoms with Crippen LogP contribution in [0.25, 0.3) is 0 Å². The predicted molar refractivity (Wildman–Crippen MR) is 99.7 cm³/mol. The van der Waals surface area contributed by atoms with Gasteiger partial charge in [-0.1, -0.05) is 12.1 Å². The van der Waals surface area contributed by atoms with Crippen molar-refractivity contribution in [1.82, 2.24) is 10.2 Å². The molecule has 0 saturated carbocycles. The zero-order chi connectivity index (χ0) is 20.2. The molecular formula is C20H29FN2O4. The summed E-state index contributed by atoms with van der Waals surface area (Å²) < 4.78 is 18.7. The van der Waals surface area contributed by atoms with Gasteiger partial charge in [-0.3, -0.25) is 4.79 Å². The fraction of sp³-hybridized carbons (Fsp3) is 0.600. The first kappa shape index (κ1) is 21.2. The number of hydrogen-bond donors (Lipinski definition) is 2. The molecule has 3 atom stereocenters. The lowest BCUT2D eigenvalue weighted by Gasteiger charge is -2.39. The van der Waals surface area contributed by atoms with E-state index in [-0.39, 0.29) is 23.7 Å². The Balaban J connectivity index is 2.13. The zero-order valence-electron chi connectivity index (χ0n) is 16.4. The number of aliphatic hydroxyl groups excluding tert-OH is 1. The molecule has 1 fully saturated rings. The molecule has 150 valence electrons. The fourth-order valence-corrected chi connectivity index (χ4v) is 3.26. The van der Waals surface area contributed by atoms with Crippen molar-refractivity contribution in [3.05, 3.63) is 35.6 Å². The summed E-state index contributed by atoms with van der Waals surface area (Å²) in [5.74, 6) is -0.760. The Hall–Kier alpha value is -2.15. The predicted octanol–water partition coefficient (Wildman–Crippen LogP) is 2.66. The number of carbonyl (C=O) groups is 2. The Bertz CT molecular complexity index is 655. The van der Waals surface area contributed by atoms with Gasteiger partial charge < -0.3 is 20.1 Å². The van der Waals surface area contributed by atoms with Crippen molar-refractivity contribution in [2.24, 2.45) is 5.92 Å². The number of carbonyl (C=O) groups excluding carboxylic acids is 2. The van der Waals surface area contributed by atoms with Gasteiger partial charge in [-0.05, 0) is 57.7 Å². The second kappa shape index (κ2) is 8.69. The molecule has 1 saturated heterocycles. The van der Waals surface area contributed by atoms with Crippen molar-refractivity contribution >= 4 is 12.0 Å². The molecule has 1 aliphatic rings. The number of ether oxygens (including phenoxy) is 1. The van der Waals surface area contributed by atoms with Gasteiger partial charge in [0.15, 0.2) is 0 Å². The van der Waals surface area contributed by atoms with Gasteiger partial charge in [0.05, 0.1) is 0 Å². The number of piperidine rings is 1. The normalized spacial score (nSPS) is 21.5. The van der Waals surface area contributed by atoms with Crippen LogP contribution in [0.3, 0.4) is 0 Å². The number of amides is 2. The summed E-state index contributed by atoms with van der Waals surface area (Å²) in [5.41, 5.74) is 0.387. The molecule has 2 rings (SSSR count). The minimum Gasteiger partial charge on any atom is -0.444 e. The van der Waals surface area contributed by atoms with E-state index in [1.807, 2.05) is 20.8 Å². The standard InChI is InChI=1S/C20H29FN2O4/c1-13(24)18(25)22-11-15-12-23(19(26)27-20(2,3)4)10-9-17(15)14-5-7-16(21)8-6-14/h5-8,13,15,17,24H,9-12H2,1-4H3,(H,22,25)/t13?,15-,17-/m1/s1. The third-order valence-electron chi connectivity index (χ3n) is 4.60. The fourth-order valence-electron chi connectivity index (χ4n) is 3.26. The maximum Gasteiger partial charge on any atom is 0.410 e. The largest absolute Gasteiger partial charge is 0.444 e. The number of benzene rings is 1. The van der Waals surface area contributed by atoms with Crippen LogP contribution < -0.4 is 5.32 Å². The van der Waals surface area contributed by atoms with Crippen molar-refractivity contribution in [2.75, 3.05) is 19.6 Å². The molecule has 0 spiro atoms. The Labute approximate surface area is 159 Å². The highest BCUT2D eigenvalue weighted by Crippen LogP contribution is 2.33. The maximum absolute atomic E-state index is 13.3. The number of rotatable bonds is 4. The molecular weight excluding hydrogens is 351 g/mol. The van der Waals surface area contributed by atoms with Gasteiger partial charge in [-0.25, -0.2) is 9.18 Å². The Morgan fingerprint density at radius 2 is 1.96 bits per heavy atom. The summed E-state index contributed by atoms with van der Waals surface area (Å²) in [6.07, 6.45) is -0.799. The summed E-state index contributed by atoms with van der Waals surface area (Å²) in [6, 6.07) is 6.32. The second-order valence-corrected chi connectivity index (χ2v) is 8.05. The molecule has 0 aliphatic carbocycles. The molecule has 0 aromatic heterocycles.